The third-order valence-electron chi connectivity index (χ3n) is 1.84. The van der Waals surface area contributed by atoms with E-state index in [1.54, 1.807) is 27.8 Å². The number of carboxylic acid groups (broad SMARTS) is 1. The van der Waals surface area contributed by atoms with Gasteiger partial charge in [0, 0.05) is 12.5 Å². The van der Waals surface area contributed by atoms with Gasteiger partial charge < -0.3 is 5.11 Å². The van der Waals surface area contributed by atoms with Gasteiger partial charge in [0.25, 0.3) is 5.91 Å². The zero-order valence-electron chi connectivity index (χ0n) is 12.1. The largest absolute Gasteiger partial charge is 0.481 e. The average molecular weight is 247 g/mol. The van der Waals surface area contributed by atoms with Crippen molar-refractivity contribution in [3.63, 3.8) is 0 Å². The van der Waals surface area contributed by atoms with Crippen molar-refractivity contribution >= 4 is 11.9 Å². The Kier molecular flexibility index (Phi) is 7.08. The number of amides is 1. The van der Waals surface area contributed by atoms with Gasteiger partial charge in [-0.1, -0.05) is 20.8 Å². The van der Waals surface area contributed by atoms with Crippen LogP contribution < -0.4 is 0 Å². The molecular weight excluding hydrogens is 222 g/mol. The van der Waals surface area contributed by atoms with Gasteiger partial charge in [-0.25, -0.2) is 5.06 Å². The summed E-state index contributed by atoms with van der Waals surface area (Å²) in [4.78, 5) is 25.9. The zero-order valence-corrected chi connectivity index (χ0v) is 12.1. The highest BCUT2D eigenvalue weighted by molar-refractivity contribution is 5.80. The van der Waals surface area contributed by atoms with Crippen molar-refractivity contribution in [1.29, 1.82) is 0 Å². The van der Waals surface area contributed by atoms with E-state index >= 15 is 0 Å². The number of nitrogens with zero attached hydrogens (tertiary/aromatic N) is 1. The van der Waals surface area contributed by atoms with Crippen molar-refractivity contribution in [1.82, 2.24) is 5.06 Å². The molecule has 5 heteroatoms. The lowest BCUT2D eigenvalue weighted by Gasteiger charge is -2.23. The fraction of sp³-hybridized carbons (Fsp3) is 0.833. The number of carboxylic acids is 1. The van der Waals surface area contributed by atoms with Gasteiger partial charge in [0.1, 0.15) is 0 Å². The maximum Gasteiger partial charge on any atom is 0.308 e. The van der Waals surface area contributed by atoms with Crippen LogP contribution in [0.3, 0.4) is 0 Å². The second-order valence-corrected chi connectivity index (χ2v) is 5.79. The van der Waals surface area contributed by atoms with Crippen LogP contribution in [0.25, 0.3) is 0 Å². The number of hydroxylamine groups is 2. The van der Waals surface area contributed by atoms with Crippen LogP contribution in [0.4, 0.5) is 0 Å². The van der Waals surface area contributed by atoms with Gasteiger partial charge >= 0.3 is 5.97 Å². The van der Waals surface area contributed by atoms with Gasteiger partial charge in [0.15, 0.2) is 0 Å². The van der Waals surface area contributed by atoms with Crippen molar-refractivity contribution in [2.75, 3.05) is 14.2 Å². The molecule has 17 heavy (non-hydrogen) atoms. The molecule has 0 aliphatic carbocycles. The minimum Gasteiger partial charge on any atom is -0.481 e. The minimum atomic E-state index is -0.757. The molecule has 102 valence electrons. The topological polar surface area (TPSA) is 66.8 Å². The third kappa shape index (κ3) is 8.68. The zero-order chi connectivity index (χ0) is 14.4. The minimum absolute atomic E-state index is 0.0185. The molecule has 0 radical (unpaired) electrons. The number of carbonyl (C=O) groups is 2. The van der Waals surface area contributed by atoms with Gasteiger partial charge in [-0.15, -0.1) is 0 Å². The van der Waals surface area contributed by atoms with E-state index in [9.17, 15) is 9.59 Å². The second-order valence-electron chi connectivity index (χ2n) is 5.79. The van der Waals surface area contributed by atoms with Gasteiger partial charge in [-0.05, 0) is 20.8 Å². The lowest BCUT2D eigenvalue weighted by atomic mass is 9.96. The van der Waals surface area contributed by atoms with E-state index in [2.05, 4.69) is 0 Å². The molecule has 0 spiro atoms. The second kappa shape index (κ2) is 6.59. The summed E-state index contributed by atoms with van der Waals surface area (Å²) in [5.74, 6) is -0.775. The van der Waals surface area contributed by atoms with E-state index in [4.69, 9.17) is 9.94 Å². The Morgan fingerprint density at radius 3 is 1.35 bits per heavy atom. The Morgan fingerprint density at radius 2 is 1.29 bits per heavy atom. The maximum absolute atomic E-state index is 11.2. The van der Waals surface area contributed by atoms with Crippen molar-refractivity contribution in [3.05, 3.63) is 0 Å². The van der Waals surface area contributed by atoms with E-state index in [0.717, 1.165) is 0 Å². The molecule has 0 saturated heterocycles. The summed E-state index contributed by atoms with van der Waals surface area (Å²) in [5, 5.41) is 9.49. The van der Waals surface area contributed by atoms with Crippen LogP contribution in [0.1, 0.15) is 41.5 Å². The fourth-order valence-corrected chi connectivity index (χ4v) is 0.555. The molecule has 0 atom stereocenters. The predicted octanol–water partition coefficient (Wildman–Crippen LogP) is 2.17. The van der Waals surface area contributed by atoms with Crippen LogP contribution in [0.15, 0.2) is 0 Å². The standard InChI is InChI=1S/C7H15NO2.C5H10O2/c1-7(2,3)6(9)8(4)10-5;1-5(2,3)4(6)7/h1-5H3;1-3H3,(H,6,7). The number of hydrogen-bond acceptors (Lipinski definition) is 3. The lowest BCUT2D eigenvalue weighted by molar-refractivity contribution is -0.177. The molecule has 0 unspecified atom stereocenters. The highest BCUT2D eigenvalue weighted by Gasteiger charge is 2.24. The SMILES string of the molecule is CC(C)(C)C(=O)O.CON(C)C(=O)C(C)(C)C. The first-order chi connectivity index (χ1) is 7.34. The summed E-state index contributed by atoms with van der Waals surface area (Å²) in [6.07, 6.45) is 0. The molecule has 0 heterocycles. The molecule has 0 aromatic heterocycles. The lowest BCUT2D eigenvalue weighted by Crippen LogP contribution is -2.35. The number of rotatable bonds is 1. The van der Waals surface area contributed by atoms with E-state index in [1.807, 2.05) is 20.8 Å². The Morgan fingerprint density at radius 1 is 1.00 bits per heavy atom. The van der Waals surface area contributed by atoms with Crippen LogP contribution in [0.5, 0.6) is 0 Å². The molecule has 0 bridgehead atoms. The van der Waals surface area contributed by atoms with Crippen molar-refractivity contribution < 1.29 is 19.5 Å². The van der Waals surface area contributed by atoms with Crippen molar-refractivity contribution in [3.8, 4) is 0 Å². The molecule has 1 N–H and O–H groups in total. The Labute approximate surface area is 104 Å². The summed E-state index contributed by atoms with van der Waals surface area (Å²) in [6, 6.07) is 0. The van der Waals surface area contributed by atoms with Crippen molar-refractivity contribution in [2.45, 2.75) is 41.5 Å². The number of aliphatic carboxylic acids is 1. The van der Waals surface area contributed by atoms with E-state index < -0.39 is 11.4 Å². The van der Waals surface area contributed by atoms with E-state index in [0.29, 0.717) is 0 Å². The smallest absolute Gasteiger partial charge is 0.308 e. The van der Waals surface area contributed by atoms with Gasteiger partial charge in [0.05, 0.1) is 12.5 Å². The predicted molar refractivity (Wildman–Crippen MR) is 66.3 cm³/mol. The van der Waals surface area contributed by atoms with Crippen LogP contribution >= 0.6 is 0 Å². The van der Waals surface area contributed by atoms with E-state index in [1.165, 1.54) is 12.2 Å². The van der Waals surface area contributed by atoms with E-state index in [-0.39, 0.29) is 11.3 Å². The summed E-state index contributed by atoms with van der Waals surface area (Å²) in [7, 11) is 3.08. The maximum atomic E-state index is 11.2. The Balaban J connectivity index is 0. The Hall–Kier alpha value is -1.10. The molecule has 5 nitrogen and oxygen atoms in total. The number of carbonyl (C=O) groups excluding carboxylic acids is 1. The molecule has 0 aromatic rings. The average Bonchev–Trinajstić information content (AvgIpc) is 2.13. The van der Waals surface area contributed by atoms with Crippen LogP contribution in [0, 0.1) is 10.8 Å². The first-order valence-electron chi connectivity index (χ1n) is 5.39. The summed E-state index contributed by atoms with van der Waals surface area (Å²) in [5.41, 5.74) is -0.940. The number of hydrogen-bond donors (Lipinski definition) is 1. The molecule has 0 aromatic carbocycles. The molecule has 1 amide bonds. The van der Waals surface area contributed by atoms with Gasteiger partial charge in [-0.3, -0.25) is 14.4 Å². The van der Waals surface area contributed by atoms with Crippen LogP contribution in [0.2, 0.25) is 0 Å². The third-order valence-corrected chi connectivity index (χ3v) is 1.84. The fourth-order valence-electron chi connectivity index (χ4n) is 0.555. The van der Waals surface area contributed by atoms with Crippen LogP contribution in [-0.4, -0.2) is 36.2 Å². The van der Waals surface area contributed by atoms with Gasteiger partial charge in [-0.2, -0.15) is 0 Å². The van der Waals surface area contributed by atoms with Gasteiger partial charge in [0.2, 0.25) is 0 Å². The first kappa shape index (κ1) is 18.3. The first-order valence-corrected chi connectivity index (χ1v) is 5.39. The van der Waals surface area contributed by atoms with Crippen LogP contribution in [-0.2, 0) is 14.4 Å². The van der Waals surface area contributed by atoms with Crippen molar-refractivity contribution in [2.24, 2.45) is 10.8 Å². The molecule has 0 rings (SSSR count). The Bertz CT molecular complexity index is 261. The monoisotopic (exact) mass is 247 g/mol. The molecule has 0 saturated carbocycles. The quantitative estimate of drug-likeness (QED) is 0.721. The highest BCUT2D eigenvalue weighted by atomic mass is 16.7. The summed E-state index contributed by atoms with van der Waals surface area (Å²) >= 11 is 0. The molecule has 0 aliphatic rings. The highest BCUT2D eigenvalue weighted by Crippen LogP contribution is 2.15. The normalized spacial score (nSPS) is 11.3. The summed E-state index contributed by atoms with van der Waals surface area (Å²) in [6.45, 7) is 10.5. The molecular formula is C12H25NO4. The summed E-state index contributed by atoms with van der Waals surface area (Å²) < 4.78 is 0. The molecule has 0 fully saturated rings. The molecule has 0 aliphatic heterocycles.